The van der Waals surface area contributed by atoms with Gasteiger partial charge < -0.3 is 14.8 Å². The van der Waals surface area contributed by atoms with E-state index in [0.29, 0.717) is 42.4 Å². The van der Waals surface area contributed by atoms with E-state index in [-0.39, 0.29) is 39.7 Å². The van der Waals surface area contributed by atoms with Gasteiger partial charge in [0.05, 0.1) is 11.3 Å². The fourth-order valence-corrected chi connectivity index (χ4v) is 5.11. The molecule has 8 heteroatoms. The molecule has 2 aromatic carbocycles. The molecule has 2 fully saturated rings. The number of piperidine rings is 1. The standard InChI is InChI=1S/C28H28ClF2N3O2/c1-17-14-22(31)8-9-24(17)32-26-23(16-34(15-18-2-3-18)28(36)25(26)29)27(35)33-12-10-20(11-13-33)19-4-6-21(30)7-5-19/h4-9,14,16,18,20,32H,2-3,10-13,15H2,1H3. The van der Waals surface area contributed by atoms with Crippen molar-refractivity contribution in [2.24, 2.45) is 5.92 Å². The molecule has 2 heterocycles. The molecule has 0 spiro atoms. The van der Waals surface area contributed by atoms with Gasteiger partial charge in [-0.15, -0.1) is 0 Å². The van der Waals surface area contributed by atoms with Crippen LogP contribution >= 0.6 is 11.6 Å². The molecule has 1 N–H and O–H groups in total. The van der Waals surface area contributed by atoms with Crippen LogP contribution in [-0.4, -0.2) is 28.5 Å². The number of aryl methyl sites for hydroxylation is 1. The smallest absolute Gasteiger partial charge is 0.271 e. The number of nitrogens with zero attached hydrogens (tertiary/aromatic N) is 2. The average molecular weight is 512 g/mol. The van der Waals surface area contributed by atoms with Crippen LogP contribution in [0.3, 0.4) is 0 Å². The van der Waals surface area contributed by atoms with Gasteiger partial charge in [0.25, 0.3) is 11.5 Å². The number of hydrogen-bond donors (Lipinski definition) is 1. The second-order valence-electron chi connectivity index (χ2n) is 9.83. The first-order chi connectivity index (χ1) is 17.3. The van der Waals surface area contributed by atoms with Gasteiger partial charge in [0.2, 0.25) is 0 Å². The number of halogens is 3. The van der Waals surface area contributed by atoms with Crippen LogP contribution in [0, 0.1) is 24.5 Å². The third-order valence-corrected chi connectivity index (χ3v) is 7.53. The molecule has 0 unspecified atom stereocenters. The summed E-state index contributed by atoms with van der Waals surface area (Å²) in [6, 6.07) is 10.8. The SMILES string of the molecule is Cc1cc(F)ccc1Nc1c(C(=O)N2CCC(c3ccc(F)cc3)CC2)cn(CC2CC2)c(=O)c1Cl. The minimum Gasteiger partial charge on any atom is -0.353 e. The van der Waals surface area contributed by atoms with Crippen molar-refractivity contribution in [3.05, 3.63) is 92.4 Å². The molecule has 1 aliphatic heterocycles. The van der Waals surface area contributed by atoms with E-state index in [4.69, 9.17) is 11.6 Å². The molecule has 3 aromatic rings. The summed E-state index contributed by atoms with van der Waals surface area (Å²) < 4.78 is 28.5. The summed E-state index contributed by atoms with van der Waals surface area (Å²) >= 11 is 6.57. The molecule has 1 saturated heterocycles. The van der Waals surface area contributed by atoms with Crippen molar-refractivity contribution in [2.45, 2.75) is 45.1 Å². The van der Waals surface area contributed by atoms with Crippen LogP contribution < -0.4 is 10.9 Å². The van der Waals surface area contributed by atoms with Crippen molar-refractivity contribution >= 4 is 28.9 Å². The Morgan fingerprint density at radius 1 is 1.03 bits per heavy atom. The van der Waals surface area contributed by atoms with Crippen LogP contribution in [0.5, 0.6) is 0 Å². The number of likely N-dealkylation sites (tertiary alicyclic amines) is 1. The molecule has 0 radical (unpaired) electrons. The van der Waals surface area contributed by atoms with Crippen LogP contribution in [0.2, 0.25) is 5.02 Å². The zero-order valence-electron chi connectivity index (χ0n) is 20.1. The van der Waals surface area contributed by atoms with Gasteiger partial charge in [-0.2, -0.15) is 0 Å². The number of aromatic nitrogens is 1. The third-order valence-electron chi connectivity index (χ3n) is 7.18. The summed E-state index contributed by atoms with van der Waals surface area (Å²) in [6.07, 6.45) is 5.24. The van der Waals surface area contributed by atoms with Crippen molar-refractivity contribution in [1.82, 2.24) is 9.47 Å². The highest BCUT2D eigenvalue weighted by atomic mass is 35.5. The fourth-order valence-electron chi connectivity index (χ4n) is 4.85. The van der Waals surface area contributed by atoms with E-state index in [9.17, 15) is 18.4 Å². The lowest BCUT2D eigenvalue weighted by molar-refractivity contribution is 0.0713. The van der Waals surface area contributed by atoms with Gasteiger partial charge in [-0.05, 0) is 85.9 Å². The second-order valence-corrected chi connectivity index (χ2v) is 10.2. The van der Waals surface area contributed by atoms with Crippen molar-refractivity contribution in [2.75, 3.05) is 18.4 Å². The summed E-state index contributed by atoms with van der Waals surface area (Å²) in [7, 11) is 0. The summed E-state index contributed by atoms with van der Waals surface area (Å²) in [5, 5.41) is 3.09. The van der Waals surface area contributed by atoms with Crippen LogP contribution in [-0.2, 0) is 6.54 Å². The van der Waals surface area contributed by atoms with Gasteiger partial charge in [0.1, 0.15) is 16.7 Å². The Morgan fingerprint density at radius 2 is 1.69 bits per heavy atom. The molecule has 5 nitrogen and oxygen atoms in total. The van der Waals surface area contributed by atoms with Gasteiger partial charge in [-0.25, -0.2) is 8.78 Å². The van der Waals surface area contributed by atoms with Crippen LogP contribution in [0.15, 0.2) is 53.5 Å². The van der Waals surface area contributed by atoms with E-state index < -0.39 is 0 Å². The van der Waals surface area contributed by atoms with E-state index in [1.807, 2.05) is 0 Å². The average Bonchev–Trinajstić information content (AvgIpc) is 3.69. The molecular weight excluding hydrogens is 484 g/mol. The number of rotatable bonds is 6. The summed E-state index contributed by atoms with van der Waals surface area (Å²) in [4.78, 5) is 28.6. The number of carbonyl (C=O) groups is 1. The predicted octanol–water partition coefficient (Wildman–Crippen LogP) is 6.26. The quantitative estimate of drug-likeness (QED) is 0.425. The summed E-state index contributed by atoms with van der Waals surface area (Å²) in [6.45, 7) is 3.35. The van der Waals surface area contributed by atoms with Crippen molar-refractivity contribution < 1.29 is 13.6 Å². The minimum atomic E-state index is -0.371. The van der Waals surface area contributed by atoms with Gasteiger partial charge >= 0.3 is 0 Å². The topological polar surface area (TPSA) is 54.3 Å². The first kappa shape index (κ1) is 24.5. The Kier molecular flexibility index (Phi) is 6.84. The first-order valence-corrected chi connectivity index (χ1v) is 12.7. The molecule has 188 valence electrons. The molecule has 1 aromatic heterocycles. The number of anilines is 2. The molecule has 1 amide bonds. The lowest BCUT2D eigenvalue weighted by Gasteiger charge is -2.33. The number of carbonyl (C=O) groups excluding carboxylic acids is 1. The van der Waals surface area contributed by atoms with E-state index in [1.54, 1.807) is 40.8 Å². The van der Waals surface area contributed by atoms with Crippen LogP contribution in [0.25, 0.3) is 0 Å². The Bertz CT molecular complexity index is 1340. The second kappa shape index (κ2) is 10.1. The van der Waals surface area contributed by atoms with E-state index in [0.717, 1.165) is 31.2 Å². The van der Waals surface area contributed by atoms with Gasteiger partial charge in [0.15, 0.2) is 0 Å². The number of nitrogens with one attached hydrogen (secondary N) is 1. The number of hydrogen-bond acceptors (Lipinski definition) is 3. The monoisotopic (exact) mass is 511 g/mol. The Labute approximate surface area is 213 Å². The van der Waals surface area contributed by atoms with Gasteiger partial charge in [-0.3, -0.25) is 9.59 Å². The van der Waals surface area contributed by atoms with Crippen molar-refractivity contribution in [3.63, 3.8) is 0 Å². The van der Waals surface area contributed by atoms with Crippen molar-refractivity contribution in [1.29, 1.82) is 0 Å². The summed E-state index contributed by atoms with van der Waals surface area (Å²) in [5.74, 6) is -0.167. The highest BCUT2D eigenvalue weighted by molar-refractivity contribution is 6.34. The highest BCUT2D eigenvalue weighted by Gasteiger charge is 2.30. The van der Waals surface area contributed by atoms with E-state index in [2.05, 4.69) is 5.32 Å². The zero-order valence-corrected chi connectivity index (χ0v) is 20.8. The van der Waals surface area contributed by atoms with Gasteiger partial charge in [-0.1, -0.05) is 23.7 Å². The minimum absolute atomic E-state index is 0.0496. The van der Waals surface area contributed by atoms with E-state index in [1.165, 1.54) is 24.3 Å². The zero-order chi connectivity index (χ0) is 25.4. The van der Waals surface area contributed by atoms with Crippen LogP contribution in [0.4, 0.5) is 20.2 Å². The predicted molar refractivity (Wildman–Crippen MR) is 137 cm³/mol. The molecule has 1 aliphatic carbocycles. The highest BCUT2D eigenvalue weighted by Crippen LogP contribution is 2.34. The van der Waals surface area contributed by atoms with E-state index >= 15 is 0 Å². The van der Waals surface area contributed by atoms with Crippen molar-refractivity contribution in [3.8, 4) is 0 Å². The lowest BCUT2D eigenvalue weighted by atomic mass is 9.89. The third kappa shape index (κ3) is 5.16. The summed E-state index contributed by atoms with van der Waals surface area (Å²) in [5.41, 5.74) is 2.49. The van der Waals surface area contributed by atoms with Crippen LogP contribution in [0.1, 0.15) is 53.1 Å². The number of amides is 1. The number of pyridine rings is 1. The number of benzene rings is 2. The fraction of sp³-hybridized carbons (Fsp3) is 0.357. The molecule has 1 saturated carbocycles. The lowest BCUT2D eigenvalue weighted by Crippen LogP contribution is -2.39. The first-order valence-electron chi connectivity index (χ1n) is 12.3. The Hall–Kier alpha value is -3.19. The molecule has 0 bridgehead atoms. The molecule has 36 heavy (non-hydrogen) atoms. The Balaban J connectivity index is 1.44. The maximum Gasteiger partial charge on any atom is 0.271 e. The largest absolute Gasteiger partial charge is 0.353 e. The molecule has 5 rings (SSSR count). The normalized spacial score (nSPS) is 16.3. The maximum atomic E-state index is 13.8. The molecular formula is C28H28ClF2N3O2. The van der Waals surface area contributed by atoms with Gasteiger partial charge in [0, 0.05) is 31.5 Å². The molecule has 2 aliphatic rings. The molecule has 0 atom stereocenters. The maximum absolute atomic E-state index is 13.8. The Morgan fingerprint density at radius 3 is 2.33 bits per heavy atom.